The number of fused-ring (bicyclic) bond motifs is 1. The zero-order chi connectivity index (χ0) is 20.2. The molecule has 1 aromatic heterocycles. The van der Waals surface area contributed by atoms with Gasteiger partial charge in [0.25, 0.3) is 5.88 Å². The standard InChI is InChI=1S/C22H21N5O2/c1-29-22-20(25-18-6-2-3-7-19(18)26-22)27-12-4-5-16(14-27)21(28)24-17-10-8-15(13-23)9-11-17/h2-3,6-11,16H,4-5,12,14H2,1H3,(H,24,28). The Hall–Kier alpha value is -3.66. The van der Waals surface area contributed by atoms with Crippen LogP contribution in [0.25, 0.3) is 11.0 Å². The maximum atomic E-state index is 12.8. The summed E-state index contributed by atoms with van der Waals surface area (Å²) in [4.78, 5) is 24.2. The van der Waals surface area contributed by atoms with Crippen molar-refractivity contribution in [3.63, 3.8) is 0 Å². The highest BCUT2D eigenvalue weighted by molar-refractivity contribution is 5.93. The predicted octanol–water partition coefficient (Wildman–Crippen LogP) is 3.37. The van der Waals surface area contributed by atoms with Gasteiger partial charge in [-0.2, -0.15) is 5.26 Å². The van der Waals surface area contributed by atoms with Crippen molar-refractivity contribution in [2.45, 2.75) is 12.8 Å². The molecule has 7 nitrogen and oxygen atoms in total. The van der Waals surface area contributed by atoms with Gasteiger partial charge >= 0.3 is 0 Å². The number of ether oxygens (including phenoxy) is 1. The van der Waals surface area contributed by atoms with E-state index in [-0.39, 0.29) is 11.8 Å². The zero-order valence-corrected chi connectivity index (χ0v) is 16.1. The molecule has 1 amide bonds. The molecule has 1 unspecified atom stereocenters. The summed E-state index contributed by atoms with van der Waals surface area (Å²) in [7, 11) is 1.58. The lowest BCUT2D eigenvalue weighted by molar-refractivity contribution is -0.120. The van der Waals surface area contributed by atoms with E-state index in [1.807, 2.05) is 24.3 Å². The number of nitrogens with one attached hydrogen (secondary N) is 1. The molecule has 1 saturated heterocycles. The number of nitriles is 1. The van der Waals surface area contributed by atoms with Crippen LogP contribution in [-0.4, -0.2) is 36.1 Å². The second kappa shape index (κ2) is 8.15. The third kappa shape index (κ3) is 3.97. The fourth-order valence-corrected chi connectivity index (χ4v) is 3.57. The number of methoxy groups -OCH3 is 1. The lowest BCUT2D eigenvalue weighted by Gasteiger charge is -2.33. The van der Waals surface area contributed by atoms with E-state index in [2.05, 4.69) is 21.3 Å². The number of piperidine rings is 1. The van der Waals surface area contributed by atoms with Crippen molar-refractivity contribution < 1.29 is 9.53 Å². The zero-order valence-electron chi connectivity index (χ0n) is 16.1. The van der Waals surface area contributed by atoms with Crippen molar-refractivity contribution in [1.82, 2.24) is 9.97 Å². The van der Waals surface area contributed by atoms with Crippen LogP contribution < -0.4 is 15.0 Å². The van der Waals surface area contributed by atoms with Crippen molar-refractivity contribution >= 4 is 28.4 Å². The van der Waals surface area contributed by atoms with E-state index in [1.54, 1.807) is 31.4 Å². The first-order valence-corrected chi connectivity index (χ1v) is 9.54. The average molecular weight is 387 g/mol. The number of benzene rings is 2. The molecule has 1 aliphatic heterocycles. The number of carbonyl (C=O) groups is 1. The molecule has 1 N–H and O–H groups in total. The Bertz CT molecular complexity index is 1070. The van der Waals surface area contributed by atoms with Gasteiger partial charge in [-0.1, -0.05) is 12.1 Å². The van der Waals surface area contributed by atoms with Gasteiger partial charge in [-0.05, 0) is 49.2 Å². The number of hydrogen-bond acceptors (Lipinski definition) is 6. The molecule has 3 aromatic rings. The third-order valence-electron chi connectivity index (χ3n) is 5.09. The minimum atomic E-state index is -0.169. The number of para-hydroxylation sites is 2. The van der Waals surface area contributed by atoms with Gasteiger partial charge in [0.15, 0.2) is 5.82 Å². The Morgan fingerprint density at radius 1 is 1.17 bits per heavy atom. The Labute approximate surface area is 169 Å². The molecule has 1 aliphatic rings. The lowest BCUT2D eigenvalue weighted by atomic mass is 9.97. The molecule has 146 valence electrons. The molecule has 1 atom stereocenters. The summed E-state index contributed by atoms with van der Waals surface area (Å²) in [6, 6.07) is 16.6. The fourth-order valence-electron chi connectivity index (χ4n) is 3.57. The van der Waals surface area contributed by atoms with Gasteiger partial charge in [-0.25, -0.2) is 9.97 Å². The molecule has 2 heterocycles. The molecule has 0 radical (unpaired) electrons. The number of rotatable bonds is 4. The average Bonchev–Trinajstić information content (AvgIpc) is 2.78. The SMILES string of the molecule is COc1nc2ccccc2nc1N1CCCC(C(=O)Nc2ccc(C#N)cc2)C1. The Balaban J connectivity index is 1.52. The minimum absolute atomic E-state index is 0.0351. The topological polar surface area (TPSA) is 91.1 Å². The molecule has 29 heavy (non-hydrogen) atoms. The van der Waals surface area contributed by atoms with Crippen molar-refractivity contribution in [2.75, 3.05) is 30.4 Å². The van der Waals surface area contributed by atoms with Gasteiger partial charge in [-0.15, -0.1) is 0 Å². The highest BCUT2D eigenvalue weighted by atomic mass is 16.5. The second-order valence-corrected chi connectivity index (χ2v) is 7.01. The second-order valence-electron chi connectivity index (χ2n) is 7.01. The number of amides is 1. The van der Waals surface area contributed by atoms with Crippen LogP contribution in [0.3, 0.4) is 0 Å². The van der Waals surface area contributed by atoms with Crippen LogP contribution in [0.1, 0.15) is 18.4 Å². The summed E-state index contributed by atoms with van der Waals surface area (Å²) < 4.78 is 5.48. The Morgan fingerprint density at radius 3 is 2.59 bits per heavy atom. The van der Waals surface area contributed by atoms with Gasteiger partial charge in [0.1, 0.15) is 0 Å². The molecular formula is C22H21N5O2. The molecule has 4 rings (SSSR count). The van der Waals surface area contributed by atoms with E-state index in [0.717, 1.165) is 30.4 Å². The maximum absolute atomic E-state index is 12.8. The Morgan fingerprint density at radius 2 is 1.90 bits per heavy atom. The van der Waals surface area contributed by atoms with Crippen molar-refractivity contribution in [3.8, 4) is 11.9 Å². The monoisotopic (exact) mass is 387 g/mol. The molecule has 1 fully saturated rings. The number of carbonyl (C=O) groups excluding carboxylic acids is 1. The summed E-state index contributed by atoms with van der Waals surface area (Å²) in [6.45, 7) is 1.34. The van der Waals surface area contributed by atoms with E-state index in [1.165, 1.54) is 0 Å². The molecule has 0 spiro atoms. The van der Waals surface area contributed by atoms with E-state index in [0.29, 0.717) is 29.5 Å². The van der Waals surface area contributed by atoms with E-state index in [4.69, 9.17) is 15.0 Å². The number of aromatic nitrogens is 2. The molecule has 7 heteroatoms. The highest BCUT2D eigenvalue weighted by Gasteiger charge is 2.29. The van der Waals surface area contributed by atoms with Gasteiger partial charge in [-0.3, -0.25) is 4.79 Å². The predicted molar refractivity (Wildman–Crippen MR) is 111 cm³/mol. The third-order valence-corrected chi connectivity index (χ3v) is 5.09. The summed E-state index contributed by atoms with van der Waals surface area (Å²) in [5, 5.41) is 11.8. The molecule has 2 aromatic carbocycles. The van der Waals surface area contributed by atoms with Crippen LogP contribution in [-0.2, 0) is 4.79 Å². The first kappa shape index (κ1) is 18.7. The van der Waals surface area contributed by atoms with Crippen molar-refractivity contribution in [2.24, 2.45) is 5.92 Å². The van der Waals surface area contributed by atoms with Gasteiger partial charge < -0.3 is 15.0 Å². The molecular weight excluding hydrogens is 366 g/mol. The van der Waals surface area contributed by atoms with Crippen LogP contribution in [0.2, 0.25) is 0 Å². The van der Waals surface area contributed by atoms with Gasteiger partial charge in [0, 0.05) is 18.8 Å². The lowest BCUT2D eigenvalue weighted by Crippen LogP contribution is -2.41. The first-order valence-electron chi connectivity index (χ1n) is 9.54. The van der Waals surface area contributed by atoms with Crippen molar-refractivity contribution in [1.29, 1.82) is 5.26 Å². The summed E-state index contributed by atoms with van der Waals surface area (Å²) >= 11 is 0. The van der Waals surface area contributed by atoms with Crippen LogP contribution >= 0.6 is 0 Å². The summed E-state index contributed by atoms with van der Waals surface area (Å²) in [5.74, 6) is 0.934. The van der Waals surface area contributed by atoms with E-state index < -0.39 is 0 Å². The van der Waals surface area contributed by atoms with Crippen LogP contribution in [0.5, 0.6) is 5.88 Å². The smallest absolute Gasteiger partial charge is 0.257 e. The van der Waals surface area contributed by atoms with Crippen LogP contribution in [0.15, 0.2) is 48.5 Å². The molecule has 0 bridgehead atoms. The minimum Gasteiger partial charge on any atom is -0.478 e. The number of nitrogens with zero attached hydrogens (tertiary/aromatic N) is 4. The van der Waals surface area contributed by atoms with E-state index in [9.17, 15) is 4.79 Å². The fraction of sp³-hybridized carbons (Fsp3) is 0.273. The molecule has 0 saturated carbocycles. The normalized spacial score (nSPS) is 16.3. The van der Waals surface area contributed by atoms with Gasteiger partial charge in [0.2, 0.25) is 5.91 Å². The molecule has 0 aliphatic carbocycles. The van der Waals surface area contributed by atoms with Crippen LogP contribution in [0, 0.1) is 17.2 Å². The maximum Gasteiger partial charge on any atom is 0.257 e. The van der Waals surface area contributed by atoms with E-state index >= 15 is 0 Å². The summed E-state index contributed by atoms with van der Waals surface area (Å²) in [6.07, 6.45) is 1.69. The largest absolute Gasteiger partial charge is 0.478 e. The highest BCUT2D eigenvalue weighted by Crippen LogP contribution is 2.30. The quantitative estimate of drug-likeness (QED) is 0.738. The summed E-state index contributed by atoms with van der Waals surface area (Å²) in [5.41, 5.74) is 2.83. The Kier molecular flexibility index (Phi) is 5.25. The van der Waals surface area contributed by atoms with Gasteiger partial charge in [0.05, 0.1) is 35.7 Å². The number of anilines is 2. The first-order chi connectivity index (χ1) is 14.2. The van der Waals surface area contributed by atoms with Crippen LogP contribution in [0.4, 0.5) is 11.5 Å². The van der Waals surface area contributed by atoms with Crippen molar-refractivity contribution in [3.05, 3.63) is 54.1 Å². The number of hydrogen-bond donors (Lipinski definition) is 1.